The van der Waals surface area contributed by atoms with Gasteiger partial charge in [-0.25, -0.2) is 4.98 Å². The summed E-state index contributed by atoms with van der Waals surface area (Å²) < 4.78 is 8.52. The maximum absolute atomic E-state index is 13.8. The first-order chi connectivity index (χ1) is 20.0. The molecule has 1 fully saturated rings. The van der Waals surface area contributed by atoms with E-state index in [0.717, 1.165) is 35.8 Å². The first-order valence-electron chi connectivity index (χ1n) is 14.3. The van der Waals surface area contributed by atoms with Gasteiger partial charge in [0.25, 0.3) is 5.56 Å². The molecule has 5 rings (SSSR count). The van der Waals surface area contributed by atoms with E-state index in [4.69, 9.17) is 9.72 Å². The van der Waals surface area contributed by atoms with Crippen LogP contribution in [-0.2, 0) is 16.1 Å². The van der Waals surface area contributed by atoms with Gasteiger partial charge in [0.1, 0.15) is 10.4 Å². The van der Waals surface area contributed by atoms with E-state index in [1.54, 1.807) is 17.7 Å². The fourth-order valence-corrected chi connectivity index (χ4v) is 7.38. The Labute approximate surface area is 247 Å². The second kappa shape index (κ2) is 13.5. The minimum absolute atomic E-state index is 0.0270. The van der Waals surface area contributed by atoms with Crippen molar-refractivity contribution in [3.8, 4) is 5.75 Å². The SMILES string of the molecule is CC[C@@H](Sc1nc2c(sc3ccccc32)c(=O)n1CCCC(=O)NC1CCCCC1)C(=O)Nc1cccc(OC)c1. The van der Waals surface area contributed by atoms with Gasteiger partial charge in [0, 0.05) is 40.8 Å². The topological polar surface area (TPSA) is 102 Å². The van der Waals surface area contributed by atoms with E-state index in [1.165, 1.54) is 29.5 Å². The number of carbonyl (C=O) groups is 2. The van der Waals surface area contributed by atoms with Crippen LogP contribution >= 0.6 is 23.1 Å². The molecule has 2 aromatic carbocycles. The average molecular weight is 593 g/mol. The number of ether oxygens (including phenoxy) is 1. The molecule has 216 valence electrons. The van der Waals surface area contributed by atoms with Gasteiger partial charge in [0.05, 0.1) is 17.9 Å². The largest absolute Gasteiger partial charge is 0.497 e. The molecule has 8 nitrogen and oxygen atoms in total. The van der Waals surface area contributed by atoms with Crippen molar-refractivity contribution in [2.24, 2.45) is 0 Å². The highest BCUT2D eigenvalue weighted by Crippen LogP contribution is 2.33. The number of carbonyl (C=O) groups excluding carboxylic acids is 2. The van der Waals surface area contributed by atoms with E-state index in [2.05, 4.69) is 10.6 Å². The molecule has 1 aliphatic rings. The molecule has 1 aliphatic carbocycles. The number of benzene rings is 2. The number of methoxy groups -OCH3 is 1. The van der Waals surface area contributed by atoms with Crippen LogP contribution in [0.25, 0.3) is 20.3 Å². The number of thioether (sulfide) groups is 1. The van der Waals surface area contributed by atoms with Crippen LogP contribution in [0.1, 0.15) is 58.3 Å². The normalized spacial score (nSPS) is 14.7. The lowest BCUT2D eigenvalue weighted by Gasteiger charge is -2.22. The molecule has 41 heavy (non-hydrogen) atoms. The van der Waals surface area contributed by atoms with Gasteiger partial charge >= 0.3 is 0 Å². The highest BCUT2D eigenvalue weighted by atomic mass is 32.2. The molecule has 0 bridgehead atoms. The third-order valence-electron chi connectivity index (χ3n) is 7.45. The Balaban J connectivity index is 1.39. The summed E-state index contributed by atoms with van der Waals surface area (Å²) in [6.45, 7) is 2.30. The highest BCUT2D eigenvalue weighted by molar-refractivity contribution is 8.00. The van der Waals surface area contributed by atoms with Crippen molar-refractivity contribution < 1.29 is 14.3 Å². The van der Waals surface area contributed by atoms with E-state index in [1.807, 2.05) is 49.4 Å². The molecule has 2 amide bonds. The number of nitrogens with one attached hydrogen (secondary N) is 2. The van der Waals surface area contributed by atoms with Gasteiger partial charge in [0.15, 0.2) is 5.16 Å². The van der Waals surface area contributed by atoms with E-state index in [0.29, 0.717) is 52.6 Å². The molecule has 2 N–H and O–H groups in total. The van der Waals surface area contributed by atoms with Crippen molar-refractivity contribution in [2.75, 3.05) is 12.4 Å². The lowest BCUT2D eigenvalue weighted by molar-refractivity contribution is -0.122. The molecule has 10 heteroatoms. The molecule has 0 radical (unpaired) electrons. The third-order valence-corrected chi connectivity index (χ3v) is 9.95. The molecule has 0 unspecified atom stereocenters. The lowest BCUT2D eigenvalue weighted by Crippen LogP contribution is -2.36. The van der Waals surface area contributed by atoms with Crippen LogP contribution in [0.5, 0.6) is 5.75 Å². The number of anilines is 1. The summed E-state index contributed by atoms with van der Waals surface area (Å²) in [6.07, 6.45) is 7.02. The summed E-state index contributed by atoms with van der Waals surface area (Å²) in [5.74, 6) is 0.508. The number of hydrogen-bond acceptors (Lipinski definition) is 7. The number of aromatic nitrogens is 2. The zero-order valence-corrected chi connectivity index (χ0v) is 25.1. The average Bonchev–Trinajstić information content (AvgIpc) is 3.36. The Morgan fingerprint density at radius 2 is 1.95 bits per heavy atom. The van der Waals surface area contributed by atoms with Crippen LogP contribution in [0, 0.1) is 0 Å². The Morgan fingerprint density at radius 3 is 2.73 bits per heavy atom. The fraction of sp³-hybridized carbons (Fsp3) is 0.419. The Kier molecular flexibility index (Phi) is 9.61. The molecule has 1 atom stereocenters. The molecular formula is C31H36N4O4S2. The van der Waals surface area contributed by atoms with Gasteiger partial charge in [0.2, 0.25) is 11.8 Å². The summed E-state index contributed by atoms with van der Waals surface area (Å²) in [5, 5.41) is 7.08. The molecule has 0 spiro atoms. The first kappa shape index (κ1) is 29.1. The second-order valence-electron chi connectivity index (χ2n) is 10.4. The maximum atomic E-state index is 13.8. The highest BCUT2D eigenvalue weighted by Gasteiger charge is 2.24. The zero-order chi connectivity index (χ0) is 28.8. The van der Waals surface area contributed by atoms with E-state index in [9.17, 15) is 14.4 Å². The van der Waals surface area contributed by atoms with Crippen LogP contribution < -0.4 is 20.9 Å². The number of nitrogens with zero attached hydrogens (tertiary/aromatic N) is 2. The molecule has 4 aromatic rings. The van der Waals surface area contributed by atoms with E-state index < -0.39 is 5.25 Å². The van der Waals surface area contributed by atoms with Crippen molar-refractivity contribution in [3.63, 3.8) is 0 Å². The van der Waals surface area contributed by atoms with Crippen molar-refractivity contribution in [3.05, 3.63) is 58.9 Å². The molecule has 0 aliphatic heterocycles. The first-order valence-corrected chi connectivity index (χ1v) is 16.0. The number of amides is 2. The monoisotopic (exact) mass is 592 g/mol. The zero-order valence-electron chi connectivity index (χ0n) is 23.5. The minimum atomic E-state index is -0.476. The summed E-state index contributed by atoms with van der Waals surface area (Å²) in [5.41, 5.74) is 1.17. The second-order valence-corrected chi connectivity index (χ2v) is 12.6. The van der Waals surface area contributed by atoms with Crippen molar-refractivity contribution in [2.45, 2.75) is 81.3 Å². The minimum Gasteiger partial charge on any atom is -0.497 e. The van der Waals surface area contributed by atoms with Crippen LogP contribution in [0.15, 0.2) is 58.5 Å². The number of rotatable bonds is 11. The Morgan fingerprint density at radius 1 is 1.15 bits per heavy atom. The van der Waals surface area contributed by atoms with Crippen molar-refractivity contribution >= 4 is 60.9 Å². The lowest BCUT2D eigenvalue weighted by atomic mass is 9.95. The Bertz CT molecular complexity index is 1590. The number of fused-ring (bicyclic) bond motifs is 3. The maximum Gasteiger partial charge on any atom is 0.272 e. The summed E-state index contributed by atoms with van der Waals surface area (Å²) >= 11 is 2.73. The molecular weight excluding hydrogens is 556 g/mol. The summed E-state index contributed by atoms with van der Waals surface area (Å²) in [7, 11) is 1.58. The van der Waals surface area contributed by atoms with Crippen LogP contribution in [0.4, 0.5) is 5.69 Å². The van der Waals surface area contributed by atoms with Gasteiger partial charge in [-0.3, -0.25) is 19.0 Å². The number of hydrogen-bond donors (Lipinski definition) is 2. The Hall–Kier alpha value is -3.37. The predicted molar refractivity (Wildman–Crippen MR) is 167 cm³/mol. The van der Waals surface area contributed by atoms with Gasteiger partial charge < -0.3 is 15.4 Å². The van der Waals surface area contributed by atoms with Gasteiger partial charge in [-0.1, -0.05) is 62.2 Å². The molecule has 2 heterocycles. The van der Waals surface area contributed by atoms with Crippen LogP contribution in [0.3, 0.4) is 0 Å². The quantitative estimate of drug-likeness (QED) is 0.155. The van der Waals surface area contributed by atoms with Crippen LogP contribution in [-0.4, -0.2) is 39.8 Å². The van der Waals surface area contributed by atoms with Crippen LogP contribution in [0.2, 0.25) is 0 Å². The number of thiophene rings is 1. The fourth-order valence-electron chi connectivity index (χ4n) is 5.26. The summed E-state index contributed by atoms with van der Waals surface area (Å²) in [6, 6.07) is 15.3. The summed E-state index contributed by atoms with van der Waals surface area (Å²) in [4.78, 5) is 44.8. The molecule has 0 saturated heterocycles. The standard InChI is InChI=1S/C31H36N4O4S2/c1-3-24(29(37)33-21-13-9-14-22(19-21)39-2)41-31-34-27-23-15-7-8-16-25(23)40-28(27)30(38)35(31)18-10-17-26(36)32-20-11-5-4-6-12-20/h7-9,13-16,19-20,24H,3-6,10-12,17-18H2,1-2H3,(H,32,36)(H,33,37)/t24-/m1/s1. The van der Waals surface area contributed by atoms with Gasteiger partial charge in [-0.2, -0.15) is 0 Å². The third kappa shape index (κ3) is 6.93. The predicted octanol–water partition coefficient (Wildman–Crippen LogP) is 6.36. The van der Waals surface area contributed by atoms with E-state index >= 15 is 0 Å². The van der Waals surface area contributed by atoms with Crippen molar-refractivity contribution in [1.29, 1.82) is 0 Å². The molecule has 1 saturated carbocycles. The molecule has 2 aromatic heterocycles. The van der Waals surface area contributed by atoms with Crippen molar-refractivity contribution in [1.82, 2.24) is 14.9 Å². The smallest absolute Gasteiger partial charge is 0.272 e. The van der Waals surface area contributed by atoms with E-state index in [-0.39, 0.29) is 23.4 Å². The van der Waals surface area contributed by atoms with Gasteiger partial charge in [-0.15, -0.1) is 11.3 Å². The van der Waals surface area contributed by atoms with Gasteiger partial charge in [-0.05, 0) is 43.9 Å².